The Kier molecular flexibility index (Phi) is 5.99. The highest BCUT2D eigenvalue weighted by molar-refractivity contribution is 7.13. The maximum absolute atomic E-state index is 13.0. The molecule has 0 saturated carbocycles. The van der Waals surface area contributed by atoms with E-state index in [1.807, 2.05) is 79.8 Å². The molecule has 31 heavy (non-hydrogen) atoms. The Morgan fingerprint density at radius 2 is 1.81 bits per heavy atom. The van der Waals surface area contributed by atoms with Crippen molar-refractivity contribution < 1.29 is 9.53 Å². The normalized spacial score (nSPS) is 10.7. The van der Waals surface area contributed by atoms with Crippen LogP contribution in [0.4, 0.5) is 10.8 Å². The highest BCUT2D eigenvalue weighted by Crippen LogP contribution is 2.29. The van der Waals surface area contributed by atoms with E-state index in [1.54, 1.807) is 6.20 Å². The molecule has 0 bridgehead atoms. The van der Waals surface area contributed by atoms with Gasteiger partial charge in [-0.05, 0) is 55.5 Å². The standard InChI is InChI=1S/C23H23N5O2S/c1-4-30-18-11-7-15(8-12-18)19-20(22(29)27-23-24-13-14-31-23)26-21(25-19)16-5-9-17(10-6-16)28(2)3/h5-14H,4H2,1-3H3,(H,25,26)(H,24,27,29). The predicted molar refractivity (Wildman–Crippen MR) is 125 cm³/mol. The number of hydrogen-bond acceptors (Lipinski definition) is 6. The molecule has 158 valence electrons. The average molecular weight is 434 g/mol. The SMILES string of the molecule is CCOc1ccc(-c2[nH]c(-c3ccc(N(C)C)cc3)nc2C(=O)Nc2nccs2)cc1. The van der Waals surface area contributed by atoms with Gasteiger partial charge in [0.15, 0.2) is 10.8 Å². The smallest absolute Gasteiger partial charge is 0.278 e. The summed E-state index contributed by atoms with van der Waals surface area (Å²) in [4.78, 5) is 27.1. The van der Waals surface area contributed by atoms with Crippen molar-refractivity contribution in [2.24, 2.45) is 0 Å². The maximum atomic E-state index is 13.0. The molecule has 7 nitrogen and oxygen atoms in total. The molecular weight excluding hydrogens is 410 g/mol. The summed E-state index contributed by atoms with van der Waals surface area (Å²) in [6.45, 7) is 2.54. The van der Waals surface area contributed by atoms with Crippen molar-refractivity contribution in [2.75, 3.05) is 30.9 Å². The monoisotopic (exact) mass is 433 g/mol. The molecule has 0 aliphatic rings. The molecule has 2 aromatic heterocycles. The average Bonchev–Trinajstić information content (AvgIpc) is 3.45. The van der Waals surface area contributed by atoms with Crippen LogP contribution in [0.5, 0.6) is 5.75 Å². The third-order valence-electron chi connectivity index (χ3n) is 4.68. The summed E-state index contributed by atoms with van der Waals surface area (Å²) in [5.41, 5.74) is 3.78. The van der Waals surface area contributed by atoms with E-state index in [9.17, 15) is 4.79 Å². The Hall–Kier alpha value is -3.65. The number of anilines is 2. The second kappa shape index (κ2) is 9.01. The lowest BCUT2D eigenvalue weighted by Crippen LogP contribution is -2.13. The van der Waals surface area contributed by atoms with Crippen molar-refractivity contribution >= 4 is 28.1 Å². The van der Waals surface area contributed by atoms with Gasteiger partial charge in [0.2, 0.25) is 0 Å². The van der Waals surface area contributed by atoms with Gasteiger partial charge in [-0.3, -0.25) is 10.1 Å². The van der Waals surface area contributed by atoms with Crippen LogP contribution in [0.3, 0.4) is 0 Å². The minimum Gasteiger partial charge on any atom is -0.494 e. The molecule has 0 spiro atoms. The van der Waals surface area contributed by atoms with Crippen LogP contribution in [0.1, 0.15) is 17.4 Å². The van der Waals surface area contributed by atoms with Gasteiger partial charge in [0.25, 0.3) is 5.91 Å². The highest BCUT2D eigenvalue weighted by Gasteiger charge is 2.21. The number of amides is 1. The van der Waals surface area contributed by atoms with Crippen LogP contribution < -0.4 is 15.0 Å². The van der Waals surface area contributed by atoms with Gasteiger partial charge in [-0.15, -0.1) is 11.3 Å². The van der Waals surface area contributed by atoms with Gasteiger partial charge in [-0.1, -0.05) is 0 Å². The first kappa shape index (κ1) is 20.6. The number of nitrogens with one attached hydrogen (secondary N) is 2. The third kappa shape index (κ3) is 4.59. The lowest BCUT2D eigenvalue weighted by Gasteiger charge is -2.12. The molecule has 0 saturated heterocycles. The molecule has 4 rings (SSSR count). The van der Waals surface area contributed by atoms with E-state index in [0.717, 1.165) is 22.6 Å². The molecule has 4 aromatic rings. The number of rotatable bonds is 7. The first-order valence-electron chi connectivity index (χ1n) is 9.87. The van der Waals surface area contributed by atoms with E-state index >= 15 is 0 Å². The van der Waals surface area contributed by atoms with E-state index in [-0.39, 0.29) is 5.91 Å². The first-order chi connectivity index (χ1) is 15.0. The molecule has 0 fully saturated rings. The zero-order chi connectivity index (χ0) is 21.8. The lowest BCUT2D eigenvalue weighted by molar-refractivity contribution is 0.102. The summed E-state index contributed by atoms with van der Waals surface area (Å²) in [5, 5.41) is 5.16. The molecule has 2 aromatic carbocycles. The van der Waals surface area contributed by atoms with E-state index < -0.39 is 0 Å². The number of nitrogens with zero attached hydrogens (tertiary/aromatic N) is 3. The van der Waals surface area contributed by atoms with Crippen LogP contribution in [0.2, 0.25) is 0 Å². The number of carbonyl (C=O) groups is 1. The quantitative estimate of drug-likeness (QED) is 0.432. The van der Waals surface area contributed by atoms with Gasteiger partial charge in [0.1, 0.15) is 11.6 Å². The fourth-order valence-corrected chi connectivity index (χ4v) is 3.65. The third-order valence-corrected chi connectivity index (χ3v) is 5.37. The predicted octanol–water partition coefficient (Wildman–Crippen LogP) is 4.92. The van der Waals surface area contributed by atoms with Crippen LogP contribution in [0.15, 0.2) is 60.1 Å². The van der Waals surface area contributed by atoms with E-state index in [0.29, 0.717) is 29.0 Å². The maximum Gasteiger partial charge on any atom is 0.278 e. The van der Waals surface area contributed by atoms with E-state index in [1.165, 1.54) is 11.3 Å². The number of imidazole rings is 1. The Balaban J connectivity index is 1.73. The van der Waals surface area contributed by atoms with Gasteiger partial charge < -0.3 is 14.6 Å². The van der Waals surface area contributed by atoms with Crippen molar-refractivity contribution in [1.29, 1.82) is 0 Å². The number of aromatic nitrogens is 3. The van der Waals surface area contributed by atoms with Crippen LogP contribution in [0.25, 0.3) is 22.6 Å². The molecular formula is C23H23N5O2S. The van der Waals surface area contributed by atoms with E-state index in [4.69, 9.17) is 4.74 Å². The Bertz CT molecular complexity index is 1150. The molecule has 2 heterocycles. The zero-order valence-corrected chi connectivity index (χ0v) is 18.4. The molecule has 2 N–H and O–H groups in total. The zero-order valence-electron chi connectivity index (χ0n) is 17.5. The molecule has 0 unspecified atom stereocenters. The number of carbonyl (C=O) groups excluding carboxylic acids is 1. The van der Waals surface area contributed by atoms with Crippen LogP contribution in [0, 0.1) is 0 Å². The molecule has 0 aliphatic heterocycles. The topological polar surface area (TPSA) is 83.1 Å². The fourth-order valence-electron chi connectivity index (χ4n) is 3.13. The van der Waals surface area contributed by atoms with Crippen molar-refractivity contribution in [3.63, 3.8) is 0 Å². The van der Waals surface area contributed by atoms with Gasteiger partial charge in [0, 0.05) is 42.5 Å². The summed E-state index contributed by atoms with van der Waals surface area (Å²) in [5.74, 6) is 1.09. The summed E-state index contributed by atoms with van der Waals surface area (Å²) in [7, 11) is 3.99. The minimum absolute atomic E-state index is 0.311. The molecule has 1 amide bonds. The lowest BCUT2D eigenvalue weighted by atomic mass is 10.1. The van der Waals surface area contributed by atoms with Crippen LogP contribution in [-0.4, -0.2) is 41.6 Å². The second-order valence-electron chi connectivity index (χ2n) is 7.00. The van der Waals surface area contributed by atoms with Gasteiger partial charge in [-0.2, -0.15) is 0 Å². The van der Waals surface area contributed by atoms with Gasteiger partial charge in [0.05, 0.1) is 12.3 Å². The van der Waals surface area contributed by atoms with Crippen molar-refractivity contribution in [2.45, 2.75) is 6.92 Å². The minimum atomic E-state index is -0.314. The summed E-state index contributed by atoms with van der Waals surface area (Å²) in [6.07, 6.45) is 1.65. The molecule has 0 radical (unpaired) electrons. The van der Waals surface area contributed by atoms with Crippen LogP contribution >= 0.6 is 11.3 Å². The largest absolute Gasteiger partial charge is 0.494 e. The van der Waals surface area contributed by atoms with E-state index in [2.05, 4.69) is 20.3 Å². The number of ether oxygens (including phenoxy) is 1. The summed E-state index contributed by atoms with van der Waals surface area (Å²) in [6, 6.07) is 15.6. The number of benzene rings is 2. The number of hydrogen-bond donors (Lipinski definition) is 2. The second-order valence-corrected chi connectivity index (χ2v) is 7.89. The Morgan fingerprint density at radius 3 is 2.42 bits per heavy atom. The Morgan fingerprint density at radius 1 is 1.10 bits per heavy atom. The van der Waals surface area contributed by atoms with Crippen molar-refractivity contribution in [1.82, 2.24) is 15.0 Å². The summed E-state index contributed by atoms with van der Waals surface area (Å²) >= 11 is 1.36. The number of H-pyrrole nitrogens is 1. The Labute approximate surface area is 184 Å². The van der Waals surface area contributed by atoms with Crippen LogP contribution in [-0.2, 0) is 0 Å². The molecule has 0 aliphatic carbocycles. The fraction of sp³-hybridized carbons (Fsp3) is 0.174. The highest BCUT2D eigenvalue weighted by atomic mass is 32.1. The van der Waals surface area contributed by atoms with Crippen molar-refractivity contribution in [3.05, 3.63) is 65.8 Å². The van der Waals surface area contributed by atoms with Gasteiger partial charge >= 0.3 is 0 Å². The number of thiazole rings is 1. The number of aromatic amines is 1. The molecule has 8 heteroatoms. The van der Waals surface area contributed by atoms with Gasteiger partial charge in [-0.25, -0.2) is 9.97 Å². The molecule has 0 atom stereocenters. The van der Waals surface area contributed by atoms with Crippen molar-refractivity contribution in [3.8, 4) is 28.4 Å². The first-order valence-corrected chi connectivity index (χ1v) is 10.7. The summed E-state index contributed by atoms with van der Waals surface area (Å²) < 4.78 is 5.53.